The van der Waals surface area contributed by atoms with Crippen molar-refractivity contribution in [3.63, 3.8) is 0 Å². The number of aryl methyl sites for hydroxylation is 1. The van der Waals surface area contributed by atoms with E-state index in [1.165, 1.54) is 23.7 Å². The molecule has 1 atom stereocenters. The summed E-state index contributed by atoms with van der Waals surface area (Å²) < 4.78 is 29.3. The van der Waals surface area contributed by atoms with Gasteiger partial charge in [-0.05, 0) is 72.8 Å². The first-order valence-corrected chi connectivity index (χ1v) is 16.7. The van der Waals surface area contributed by atoms with Gasteiger partial charge in [-0.2, -0.15) is 0 Å². The van der Waals surface area contributed by atoms with Crippen LogP contribution >= 0.6 is 23.4 Å². The number of likely N-dealkylation sites (N-methyl/N-ethyl adjacent to an activating group) is 1. The maximum atomic E-state index is 14.3. The summed E-state index contributed by atoms with van der Waals surface area (Å²) in [6.45, 7) is 1.44. The zero-order valence-electron chi connectivity index (χ0n) is 24.2. The maximum absolute atomic E-state index is 14.3. The summed E-state index contributed by atoms with van der Waals surface area (Å²) in [4.78, 5) is 30.1. The highest BCUT2D eigenvalue weighted by Crippen LogP contribution is 2.27. The Morgan fingerprint density at radius 2 is 1.53 bits per heavy atom. The van der Waals surface area contributed by atoms with Crippen LogP contribution in [0.4, 0.5) is 5.69 Å². The topological polar surface area (TPSA) is 86.8 Å². The minimum atomic E-state index is -4.16. The summed E-state index contributed by atoms with van der Waals surface area (Å²) >= 11 is 7.76. The monoisotopic (exact) mass is 635 g/mol. The molecule has 224 valence electrons. The standard InChI is InChI=1S/C33H34ClN3O4S2/c1-24-12-14-28(15-13-24)37(43(40,41)30-18-16-29(42-3)17-19-30)23-32(38)36(22-26-10-7-11-27(34)20-26)31(33(39)35-2)21-25-8-5-4-6-9-25/h4-20,31H,21-23H2,1-3H3,(H,35,39). The van der Waals surface area contributed by atoms with Crippen LogP contribution in [0, 0.1) is 6.92 Å². The number of anilines is 1. The minimum absolute atomic E-state index is 0.0501. The molecule has 0 spiro atoms. The highest BCUT2D eigenvalue weighted by Gasteiger charge is 2.34. The molecule has 4 aromatic rings. The molecule has 0 aliphatic carbocycles. The number of hydrogen-bond donors (Lipinski definition) is 1. The van der Waals surface area contributed by atoms with Gasteiger partial charge >= 0.3 is 0 Å². The van der Waals surface area contributed by atoms with E-state index in [0.717, 1.165) is 20.3 Å². The Kier molecular flexibility index (Phi) is 10.9. The Bertz CT molecular complexity index is 1650. The lowest BCUT2D eigenvalue weighted by atomic mass is 10.0. The van der Waals surface area contributed by atoms with Crippen molar-refractivity contribution in [3.05, 3.63) is 125 Å². The molecule has 0 bridgehead atoms. The van der Waals surface area contributed by atoms with E-state index in [2.05, 4.69) is 5.32 Å². The molecule has 43 heavy (non-hydrogen) atoms. The van der Waals surface area contributed by atoms with Gasteiger partial charge in [0.25, 0.3) is 10.0 Å². The van der Waals surface area contributed by atoms with Gasteiger partial charge in [0.15, 0.2) is 0 Å². The Morgan fingerprint density at radius 3 is 2.14 bits per heavy atom. The maximum Gasteiger partial charge on any atom is 0.264 e. The van der Waals surface area contributed by atoms with Gasteiger partial charge in [0.05, 0.1) is 10.6 Å². The number of nitrogens with zero attached hydrogens (tertiary/aromatic N) is 2. The van der Waals surface area contributed by atoms with Crippen molar-refractivity contribution in [3.8, 4) is 0 Å². The van der Waals surface area contributed by atoms with E-state index < -0.39 is 28.5 Å². The number of sulfonamides is 1. The van der Waals surface area contributed by atoms with Crippen LogP contribution in [-0.2, 0) is 32.6 Å². The van der Waals surface area contributed by atoms with Gasteiger partial charge in [-0.3, -0.25) is 13.9 Å². The molecule has 0 saturated heterocycles. The van der Waals surface area contributed by atoms with Gasteiger partial charge in [-0.1, -0.05) is 71.8 Å². The molecular formula is C33H34ClN3O4S2. The third-order valence-corrected chi connectivity index (χ3v) is 9.77. The first-order chi connectivity index (χ1) is 20.6. The average Bonchev–Trinajstić information content (AvgIpc) is 3.02. The lowest BCUT2D eigenvalue weighted by Crippen LogP contribution is -2.53. The van der Waals surface area contributed by atoms with E-state index in [1.54, 1.807) is 66.7 Å². The van der Waals surface area contributed by atoms with Crippen molar-refractivity contribution in [2.75, 3.05) is 24.2 Å². The fourth-order valence-corrected chi connectivity index (χ4v) is 6.70. The van der Waals surface area contributed by atoms with Crippen LogP contribution in [0.5, 0.6) is 0 Å². The van der Waals surface area contributed by atoms with Crippen molar-refractivity contribution in [2.24, 2.45) is 0 Å². The van der Waals surface area contributed by atoms with Crippen LogP contribution < -0.4 is 9.62 Å². The van der Waals surface area contributed by atoms with Gasteiger partial charge in [0.2, 0.25) is 11.8 Å². The van der Waals surface area contributed by atoms with E-state index in [4.69, 9.17) is 11.6 Å². The second-order valence-electron chi connectivity index (χ2n) is 9.99. The van der Waals surface area contributed by atoms with E-state index in [9.17, 15) is 18.0 Å². The Hall–Kier alpha value is -3.79. The molecule has 0 aliphatic rings. The predicted octanol–water partition coefficient (Wildman–Crippen LogP) is 5.95. The number of thioether (sulfide) groups is 1. The summed E-state index contributed by atoms with van der Waals surface area (Å²) in [6, 6.07) is 29.0. The van der Waals surface area contributed by atoms with Crippen LogP contribution in [0.25, 0.3) is 0 Å². The number of nitrogens with one attached hydrogen (secondary N) is 1. The quantitative estimate of drug-likeness (QED) is 0.194. The van der Waals surface area contributed by atoms with Gasteiger partial charge in [0.1, 0.15) is 12.6 Å². The zero-order chi connectivity index (χ0) is 31.0. The van der Waals surface area contributed by atoms with Gasteiger partial charge in [0, 0.05) is 29.9 Å². The molecule has 0 saturated carbocycles. The van der Waals surface area contributed by atoms with Crippen molar-refractivity contribution >= 4 is 50.9 Å². The number of hydrogen-bond acceptors (Lipinski definition) is 5. The fraction of sp³-hybridized carbons (Fsp3) is 0.212. The molecule has 1 N–H and O–H groups in total. The molecule has 0 fully saturated rings. The lowest BCUT2D eigenvalue weighted by molar-refractivity contribution is -0.139. The van der Waals surface area contributed by atoms with E-state index >= 15 is 0 Å². The number of carbonyl (C=O) groups is 2. The first kappa shape index (κ1) is 32.1. The Labute approximate surface area is 262 Å². The van der Waals surface area contributed by atoms with Crippen LogP contribution in [0.15, 0.2) is 113 Å². The number of benzene rings is 4. The third kappa shape index (κ3) is 8.19. The van der Waals surface area contributed by atoms with Crippen molar-refractivity contribution in [1.29, 1.82) is 0 Å². The zero-order valence-corrected chi connectivity index (χ0v) is 26.6. The number of carbonyl (C=O) groups excluding carboxylic acids is 2. The SMILES string of the molecule is CNC(=O)C(Cc1ccccc1)N(Cc1cccc(Cl)c1)C(=O)CN(c1ccc(C)cc1)S(=O)(=O)c1ccc(SC)cc1. The molecule has 0 radical (unpaired) electrons. The largest absolute Gasteiger partial charge is 0.357 e. The second kappa shape index (κ2) is 14.6. The van der Waals surface area contributed by atoms with Gasteiger partial charge in [-0.25, -0.2) is 8.42 Å². The van der Waals surface area contributed by atoms with Crippen LogP contribution in [0.1, 0.15) is 16.7 Å². The molecule has 1 unspecified atom stereocenters. The summed E-state index contributed by atoms with van der Waals surface area (Å²) in [5.74, 6) is -0.897. The first-order valence-electron chi connectivity index (χ1n) is 13.6. The summed E-state index contributed by atoms with van der Waals surface area (Å²) in [5.41, 5.74) is 2.86. The number of amides is 2. The van der Waals surface area contributed by atoms with Crippen molar-refractivity contribution < 1.29 is 18.0 Å². The van der Waals surface area contributed by atoms with Crippen LogP contribution in [-0.4, -0.2) is 51.0 Å². The summed E-state index contributed by atoms with van der Waals surface area (Å²) in [5, 5.41) is 3.17. The fourth-order valence-electron chi connectivity index (χ4n) is 4.67. The highest BCUT2D eigenvalue weighted by atomic mass is 35.5. The van der Waals surface area contributed by atoms with Crippen molar-refractivity contribution in [2.45, 2.75) is 35.7 Å². The van der Waals surface area contributed by atoms with Crippen molar-refractivity contribution in [1.82, 2.24) is 10.2 Å². The smallest absolute Gasteiger partial charge is 0.264 e. The molecule has 7 nitrogen and oxygen atoms in total. The molecular weight excluding hydrogens is 602 g/mol. The number of rotatable bonds is 12. The van der Waals surface area contributed by atoms with Gasteiger partial charge in [-0.15, -0.1) is 11.8 Å². The molecule has 2 amide bonds. The highest BCUT2D eigenvalue weighted by molar-refractivity contribution is 7.98. The predicted molar refractivity (Wildman–Crippen MR) is 174 cm³/mol. The second-order valence-corrected chi connectivity index (χ2v) is 13.2. The third-order valence-electron chi connectivity index (χ3n) is 7.01. The molecule has 10 heteroatoms. The molecule has 4 aromatic carbocycles. The van der Waals surface area contributed by atoms with E-state index in [-0.39, 0.29) is 23.8 Å². The molecule has 0 aromatic heterocycles. The summed E-state index contributed by atoms with van der Waals surface area (Å²) in [6.07, 6.45) is 2.15. The van der Waals surface area contributed by atoms with E-state index in [0.29, 0.717) is 16.3 Å². The lowest BCUT2D eigenvalue weighted by Gasteiger charge is -2.33. The summed E-state index contributed by atoms with van der Waals surface area (Å²) in [7, 11) is -2.64. The Balaban J connectivity index is 1.78. The molecule has 0 heterocycles. The van der Waals surface area contributed by atoms with Gasteiger partial charge < -0.3 is 10.2 Å². The van der Waals surface area contributed by atoms with E-state index in [1.807, 2.05) is 49.6 Å². The normalized spacial score (nSPS) is 11.9. The Morgan fingerprint density at radius 1 is 0.884 bits per heavy atom. The van der Waals surface area contributed by atoms with Crippen LogP contribution in [0.3, 0.4) is 0 Å². The number of halogens is 1. The molecule has 4 rings (SSSR count). The molecule has 0 aliphatic heterocycles. The van der Waals surface area contributed by atoms with Crippen LogP contribution in [0.2, 0.25) is 5.02 Å². The minimum Gasteiger partial charge on any atom is -0.357 e. The average molecular weight is 636 g/mol.